The highest BCUT2D eigenvalue weighted by Gasteiger charge is 2.38. The van der Waals surface area contributed by atoms with Gasteiger partial charge in [0.1, 0.15) is 17.7 Å². The Kier molecular flexibility index (Phi) is 8.42. The number of hydrogen-bond donors (Lipinski definition) is 1. The van der Waals surface area contributed by atoms with Crippen molar-refractivity contribution in [3.63, 3.8) is 0 Å². The second-order valence-electron chi connectivity index (χ2n) is 9.12. The number of alkyl halides is 1. The van der Waals surface area contributed by atoms with Crippen LogP contribution in [-0.2, 0) is 14.8 Å². The topological polar surface area (TPSA) is 75.7 Å². The van der Waals surface area contributed by atoms with Gasteiger partial charge in [-0.3, -0.25) is 4.79 Å². The summed E-state index contributed by atoms with van der Waals surface area (Å²) in [6.07, 6.45) is -0.755. The van der Waals surface area contributed by atoms with E-state index in [2.05, 4.69) is 5.32 Å². The molecule has 35 heavy (non-hydrogen) atoms. The van der Waals surface area contributed by atoms with Gasteiger partial charge in [-0.1, -0.05) is 19.9 Å². The van der Waals surface area contributed by atoms with E-state index in [-0.39, 0.29) is 36.1 Å². The Labute approximate surface area is 202 Å². The number of rotatable bonds is 9. The highest BCUT2D eigenvalue weighted by atomic mass is 32.2. The Bertz CT molecular complexity index is 1160. The molecule has 1 amide bonds. The van der Waals surface area contributed by atoms with Crippen molar-refractivity contribution in [3.05, 3.63) is 59.9 Å². The van der Waals surface area contributed by atoms with Crippen molar-refractivity contribution in [1.82, 2.24) is 9.62 Å². The monoisotopic (exact) mass is 516 g/mol. The highest BCUT2D eigenvalue weighted by Crippen LogP contribution is 2.27. The molecule has 1 aliphatic heterocycles. The van der Waals surface area contributed by atoms with E-state index < -0.39 is 51.6 Å². The molecule has 2 aromatic rings. The SMILES string of the molecule is CC(C)(CCCOc1ccc(F)c(F)c1)C(=O)N[C@@H]1CCN(S(=O)(=O)c2cccc(F)c2)C[C@H]1F. The molecule has 0 aromatic heterocycles. The lowest BCUT2D eigenvalue weighted by molar-refractivity contribution is -0.131. The van der Waals surface area contributed by atoms with Crippen LogP contribution in [0.4, 0.5) is 17.6 Å². The number of sulfonamides is 1. The second-order valence-corrected chi connectivity index (χ2v) is 11.1. The zero-order valence-electron chi connectivity index (χ0n) is 19.4. The van der Waals surface area contributed by atoms with Gasteiger partial charge >= 0.3 is 0 Å². The molecular formula is C24H28F4N2O4S. The molecule has 192 valence electrons. The summed E-state index contributed by atoms with van der Waals surface area (Å²) in [6, 6.07) is 6.87. The predicted molar refractivity (Wildman–Crippen MR) is 121 cm³/mol. The van der Waals surface area contributed by atoms with E-state index in [0.717, 1.165) is 28.6 Å². The van der Waals surface area contributed by atoms with Crippen molar-refractivity contribution < 1.29 is 35.5 Å². The van der Waals surface area contributed by atoms with Crippen LogP contribution in [-0.4, -0.2) is 50.5 Å². The van der Waals surface area contributed by atoms with Gasteiger partial charge in [0.15, 0.2) is 11.6 Å². The van der Waals surface area contributed by atoms with Crippen LogP contribution in [0.15, 0.2) is 47.4 Å². The Morgan fingerprint density at radius 1 is 1.14 bits per heavy atom. The molecule has 0 spiro atoms. The summed E-state index contributed by atoms with van der Waals surface area (Å²) in [5.74, 6) is -2.91. The molecule has 1 heterocycles. The maximum absolute atomic E-state index is 14.9. The minimum Gasteiger partial charge on any atom is -0.493 e. The third kappa shape index (κ3) is 6.72. The highest BCUT2D eigenvalue weighted by molar-refractivity contribution is 7.89. The van der Waals surface area contributed by atoms with E-state index in [4.69, 9.17) is 4.74 Å². The molecule has 1 saturated heterocycles. The van der Waals surface area contributed by atoms with Gasteiger partial charge in [-0.25, -0.2) is 26.0 Å². The van der Waals surface area contributed by atoms with Crippen molar-refractivity contribution in [2.24, 2.45) is 5.41 Å². The quantitative estimate of drug-likeness (QED) is 0.400. The van der Waals surface area contributed by atoms with E-state index in [0.29, 0.717) is 12.8 Å². The first kappa shape index (κ1) is 26.9. The number of benzene rings is 2. The normalized spacial score (nSPS) is 19.4. The first-order valence-corrected chi connectivity index (χ1v) is 12.6. The zero-order valence-corrected chi connectivity index (χ0v) is 20.3. The molecule has 1 fully saturated rings. The van der Waals surface area contributed by atoms with E-state index in [9.17, 15) is 30.8 Å². The molecule has 1 aliphatic rings. The fourth-order valence-corrected chi connectivity index (χ4v) is 5.28. The number of halogens is 4. The number of amides is 1. The maximum atomic E-state index is 14.9. The van der Waals surface area contributed by atoms with Gasteiger partial charge in [0.2, 0.25) is 15.9 Å². The van der Waals surface area contributed by atoms with Crippen LogP contribution in [0.25, 0.3) is 0 Å². The number of hydrogen-bond acceptors (Lipinski definition) is 4. The standard InChI is InChI=1S/C24H28F4N2O4S/c1-24(2,10-4-12-34-17-7-8-19(26)20(27)14-17)23(31)29-22-9-11-30(15-21(22)28)35(32,33)18-6-3-5-16(25)13-18/h3,5-8,13-14,21-22H,4,9-12,15H2,1-2H3,(H,29,31)/t21-,22-/m1/s1. The van der Waals surface area contributed by atoms with Crippen molar-refractivity contribution in [2.45, 2.75) is 50.2 Å². The second kappa shape index (κ2) is 10.9. The number of piperidine rings is 1. The van der Waals surface area contributed by atoms with Crippen LogP contribution in [0.3, 0.4) is 0 Å². The average molecular weight is 517 g/mol. The molecule has 0 bridgehead atoms. The van der Waals surface area contributed by atoms with E-state index in [1.807, 2.05) is 0 Å². The van der Waals surface area contributed by atoms with E-state index in [1.54, 1.807) is 13.8 Å². The predicted octanol–water partition coefficient (Wildman–Crippen LogP) is 4.21. The Morgan fingerprint density at radius 2 is 1.89 bits per heavy atom. The molecule has 0 radical (unpaired) electrons. The van der Waals surface area contributed by atoms with Gasteiger partial charge in [-0.05, 0) is 49.6 Å². The minimum absolute atomic E-state index is 0.0211. The fraction of sp³-hybridized carbons (Fsp3) is 0.458. The maximum Gasteiger partial charge on any atom is 0.243 e. The Balaban J connectivity index is 1.49. The van der Waals surface area contributed by atoms with Crippen LogP contribution < -0.4 is 10.1 Å². The molecule has 2 aromatic carbocycles. The van der Waals surface area contributed by atoms with Crippen LogP contribution >= 0.6 is 0 Å². The van der Waals surface area contributed by atoms with Crippen molar-refractivity contribution in [3.8, 4) is 5.75 Å². The lowest BCUT2D eigenvalue weighted by atomic mass is 9.86. The van der Waals surface area contributed by atoms with E-state index >= 15 is 0 Å². The van der Waals surface area contributed by atoms with Gasteiger partial charge in [0.05, 0.1) is 17.5 Å². The van der Waals surface area contributed by atoms with Crippen LogP contribution in [0, 0.1) is 22.9 Å². The first-order valence-electron chi connectivity index (χ1n) is 11.2. The fourth-order valence-electron chi connectivity index (χ4n) is 3.78. The largest absolute Gasteiger partial charge is 0.493 e. The molecule has 0 unspecified atom stereocenters. The summed E-state index contributed by atoms with van der Waals surface area (Å²) in [4.78, 5) is 12.5. The van der Waals surface area contributed by atoms with Gasteiger partial charge in [-0.15, -0.1) is 0 Å². The molecule has 6 nitrogen and oxygen atoms in total. The first-order chi connectivity index (χ1) is 16.4. The molecule has 1 N–H and O–H groups in total. The average Bonchev–Trinajstić information content (AvgIpc) is 2.80. The summed E-state index contributed by atoms with van der Waals surface area (Å²) in [7, 11) is -4.06. The minimum atomic E-state index is -4.06. The van der Waals surface area contributed by atoms with Crippen molar-refractivity contribution in [1.29, 1.82) is 0 Å². The molecular weight excluding hydrogens is 488 g/mol. The summed E-state index contributed by atoms with van der Waals surface area (Å²) >= 11 is 0. The Morgan fingerprint density at radius 3 is 2.54 bits per heavy atom. The third-order valence-corrected chi connectivity index (χ3v) is 7.84. The van der Waals surface area contributed by atoms with Crippen LogP contribution in [0.5, 0.6) is 5.75 Å². The lowest BCUT2D eigenvalue weighted by Gasteiger charge is -2.36. The van der Waals surface area contributed by atoms with Gasteiger partial charge in [0.25, 0.3) is 0 Å². The molecule has 0 saturated carbocycles. The number of carbonyl (C=O) groups is 1. The summed E-state index contributed by atoms with van der Waals surface area (Å²) in [5, 5.41) is 2.67. The summed E-state index contributed by atoms with van der Waals surface area (Å²) < 4.78 is 86.3. The van der Waals surface area contributed by atoms with Crippen molar-refractivity contribution >= 4 is 15.9 Å². The third-order valence-electron chi connectivity index (χ3n) is 5.98. The van der Waals surface area contributed by atoms with Crippen molar-refractivity contribution in [2.75, 3.05) is 19.7 Å². The van der Waals surface area contributed by atoms with Crippen LogP contribution in [0.1, 0.15) is 33.1 Å². The number of carbonyl (C=O) groups excluding carboxylic acids is 1. The smallest absolute Gasteiger partial charge is 0.243 e. The molecule has 11 heteroatoms. The summed E-state index contributed by atoms with van der Waals surface area (Å²) in [6.45, 7) is 3.08. The molecule has 2 atom stereocenters. The number of nitrogens with zero attached hydrogens (tertiary/aromatic N) is 1. The molecule has 0 aliphatic carbocycles. The number of nitrogens with one attached hydrogen (secondary N) is 1. The molecule has 3 rings (SSSR count). The van der Waals surface area contributed by atoms with E-state index in [1.165, 1.54) is 18.2 Å². The van der Waals surface area contributed by atoms with Gasteiger partial charge in [0, 0.05) is 24.6 Å². The Hall–Kier alpha value is -2.66. The summed E-state index contributed by atoms with van der Waals surface area (Å²) in [5.41, 5.74) is -0.873. The van der Waals surface area contributed by atoms with Gasteiger partial charge in [-0.2, -0.15) is 4.31 Å². The van der Waals surface area contributed by atoms with Gasteiger partial charge < -0.3 is 10.1 Å². The number of ether oxygens (including phenoxy) is 1. The van der Waals surface area contributed by atoms with Crippen LogP contribution in [0.2, 0.25) is 0 Å². The lowest BCUT2D eigenvalue weighted by Crippen LogP contribution is -2.55. The zero-order chi connectivity index (χ0) is 25.8.